The van der Waals surface area contributed by atoms with Crippen molar-refractivity contribution in [2.45, 2.75) is 46.3 Å². The first-order valence-electron chi connectivity index (χ1n) is 6.46. The Labute approximate surface area is 103 Å². The highest BCUT2D eigenvalue weighted by Crippen LogP contribution is 2.15. The van der Waals surface area contributed by atoms with Gasteiger partial charge in [-0.05, 0) is 19.8 Å². The predicted octanol–water partition coefficient (Wildman–Crippen LogP) is 1.80. The summed E-state index contributed by atoms with van der Waals surface area (Å²) in [6, 6.07) is 3.17. The molecule has 1 N–H and O–H groups in total. The van der Waals surface area contributed by atoms with E-state index in [1.165, 1.54) is 0 Å². The van der Waals surface area contributed by atoms with E-state index in [1.54, 1.807) is 0 Å². The number of nitrogens with zero attached hydrogens (tertiary/aromatic N) is 2. The van der Waals surface area contributed by atoms with Crippen molar-refractivity contribution in [2.24, 2.45) is 5.92 Å². The van der Waals surface area contributed by atoms with Crippen LogP contribution < -0.4 is 5.32 Å². The summed E-state index contributed by atoms with van der Waals surface area (Å²) < 4.78 is 5.12. The minimum Gasteiger partial charge on any atom is -0.361 e. The summed E-state index contributed by atoms with van der Waals surface area (Å²) in [5.74, 6) is 1.56. The van der Waals surface area contributed by atoms with E-state index < -0.39 is 0 Å². The van der Waals surface area contributed by atoms with Crippen molar-refractivity contribution in [3.8, 4) is 0 Å². The van der Waals surface area contributed by atoms with Crippen molar-refractivity contribution in [1.29, 1.82) is 0 Å². The van der Waals surface area contributed by atoms with Gasteiger partial charge in [0.15, 0.2) is 0 Å². The van der Waals surface area contributed by atoms with E-state index in [0.717, 1.165) is 31.1 Å². The van der Waals surface area contributed by atoms with Crippen LogP contribution in [0.2, 0.25) is 0 Å². The van der Waals surface area contributed by atoms with Crippen LogP contribution in [0.1, 0.15) is 32.2 Å². The quantitative estimate of drug-likeness (QED) is 0.870. The van der Waals surface area contributed by atoms with Crippen LogP contribution in [0.15, 0.2) is 10.6 Å². The molecule has 1 aromatic heterocycles. The minimum atomic E-state index is 0.557. The lowest BCUT2D eigenvalue weighted by Crippen LogP contribution is -2.56. The highest BCUT2D eigenvalue weighted by atomic mass is 16.5. The van der Waals surface area contributed by atoms with Gasteiger partial charge in [-0.3, -0.25) is 4.90 Å². The second-order valence-electron chi connectivity index (χ2n) is 5.47. The molecular weight excluding hydrogens is 214 g/mol. The predicted molar refractivity (Wildman–Crippen MR) is 67.7 cm³/mol. The van der Waals surface area contributed by atoms with Crippen LogP contribution >= 0.6 is 0 Å². The van der Waals surface area contributed by atoms with Crippen LogP contribution in [-0.2, 0) is 6.54 Å². The Morgan fingerprint density at radius 3 is 2.94 bits per heavy atom. The normalized spacial score (nSPS) is 26.6. The molecule has 2 rings (SSSR count). The fourth-order valence-electron chi connectivity index (χ4n) is 2.32. The van der Waals surface area contributed by atoms with Crippen molar-refractivity contribution < 1.29 is 4.52 Å². The Bertz CT molecular complexity index is 361. The van der Waals surface area contributed by atoms with E-state index >= 15 is 0 Å². The van der Waals surface area contributed by atoms with Crippen molar-refractivity contribution in [3.63, 3.8) is 0 Å². The Morgan fingerprint density at radius 1 is 1.59 bits per heavy atom. The van der Waals surface area contributed by atoms with Crippen molar-refractivity contribution in [1.82, 2.24) is 15.4 Å². The number of rotatable bonds is 3. The Hall–Kier alpha value is -0.870. The zero-order valence-corrected chi connectivity index (χ0v) is 11.2. The molecule has 0 spiro atoms. The first-order chi connectivity index (χ1) is 8.06. The summed E-state index contributed by atoms with van der Waals surface area (Å²) in [5.41, 5.74) is 1.04. The molecule has 0 saturated carbocycles. The van der Waals surface area contributed by atoms with E-state index in [4.69, 9.17) is 4.52 Å². The van der Waals surface area contributed by atoms with Crippen LogP contribution in [0, 0.1) is 12.8 Å². The molecule has 1 aliphatic heterocycles. The number of piperazine rings is 1. The largest absolute Gasteiger partial charge is 0.361 e. The maximum Gasteiger partial charge on any atom is 0.133 e. The van der Waals surface area contributed by atoms with E-state index in [1.807, 2.05) is 13.0 Å². The number of aryl methyl sites for hydroxylation is 1. The van der Waals surface area contributed by atoms with Gasteiger partial charge in [-0.1, -0.05) is 19.0 Å². The SMILES string of the molecule is Cc1cc(CN2CC(C(C)C)NCC2C)no1. The number of aromatic nitrogens is 1. The highest BCUT2D eigenvalue weighted by molar-refractivity contribution is 5.04. The van der Waals surface area contributed by atoms with Gasteiger partial charge in [0.2, 0.25) is 0 Å². The number of hydrogen-bond donors (Lipinski definition) is 1. The Morgan fingerprint density at radius 2 is 2.35 bits per heavy atom. The maximum atomic E-state index is 5.12. The zero-order valence-electron chi connectivity index (χ0n) is 11.2. The molecule has 96 valence electrons. The van der Waals surface area contributed by atoms with Crippen LogP contribution in [0.5, 0.6) is 0 Å². The molecular formula is C13H23N3O. The first kappa shape index (κ1) is 12.6. The molecule has 1 aromatic rings. The molecule has 0 bridgehead atoms. The molecule has 17 heavy (non-hydrogen) atoms. The maximum absolute atomic E-state index is 5.12. The Kier molecular flexibility index (Phi) is 3.84. The third kappa shape index (κ3) is 3.07. The molecule has 0 aliphatic carbocycles. The smallest absolute Gasteiger partial charge is 0.133 e. The third-order valence-corrected chi connectivity index (χ3v) is 3.58. The van der Waals surface area contributed by atoms with Gasteiger partial charge >= 0.3 is 0 Å². The minimum absolute atomic E-state index is 0.557. The Balaban J connectivity index is 1.98. The molecule has 4 heteroatoms. The number of hydrogen-bond acceptors (Lipinski definition) is 4. The van der Waals surface area contributed by atoms with Crippen molar-refractivity contribution >= 4 is 0 Å². The van der Waals surface area contributed by atoms with Gasteiger partial charge in [-0.15, -0.1) is 0 Å². The lowest BCUT2D eigenvalue weighted by Gasteiger charge is -2.40. The summed E-state index contributed by atoms with van der Waals surface area (Å²) in [6.45, 7) is 11.8. The van der Waals surface area contributed by atoms with E-state index in [2.05, 4.69) is 36.1 Å². The topological polar surface area (TPSA) is 41.3 Å². The molecule has 0 aromatic carbocycles. The van der Waals surface area contributed by atoms with E-state index in [-0.39, 0.29) is 0 Å². The van der Waals surface area contributed by atoms with Crippen LogP contribution in [0.25, 0.3) is 0 Å². The standard InChI is InChI=1S/C13H23N3O/c1-9(2)13-8-16(10(3)6-14-13)7-12-5-11(4)17-15-12/h5,9-10,13-14H,6-8H2,1-4H3. The molecule has 0 radical (unpaired) electrons. The van der Waals surface area contributed by atoms with Gasteiger partial charge in [0, 0.05) is 37.8 Å². The van der Waals surface area contributed by atoms with Gasteiger partial charge in [-0.2, -0.15) is 0 Å². The molecule has 2 heterocycles. The molecule has 4 nitrogen and oxygen atoms in total. The van der Waals surface area contributed by atoms with Crippen LogP contribution in [0.4, 0.5) is 0 Å². The second-order valence-corrected chi connectivity index (χ2v) is 5.47. The van der Waals surface area contributed by atoms with Gasteiger partial charge in [0.1, 0.15) is 5.76 Å². The first-order valence-corrected chi connectivity index (χ1v) is 6.46. The number of nitrogens with one attached hydrogen (secondary N) is 1. The summed E-state index contributed by atoms with van der Waals surface area (Å²) in [4.78, 5) is 2.48. The van der Waals surface area contributed by atoms with Crippen molar-refractivity contribution in [3.05, 3.63) is 17.5 Å². The summed E-state index contributed by atoms with van der Waals surface area (Å²) in [5, 5.41) is 7.68. The lowest BCUT2D eigenvalue weighted by atomic mass is 9.99. The molecule has 2 atom stereocenters. The van der Waals surface area contributed by atoms with Gasteiger partial charge in [-0.25, -0.2) is 0 Å². The summed E-state index contributed by atoms with van der Waals surface area (Å²) in [6.07, 6.45) is 0. The van der Waals surface area contributed by atoms with Gasteiger partial charge in [0.05, 0.1) is 5.69 Å². The monoisotopic (exact) mass is 237 g/mol. The molecule has 1 fully saturated rings. The molecule has 1 saturated heterocycles. The third-order valence-electron chi connectivity index (χ3n) is 3.58. The highest BCUT2D eigenvalue weighted by Gasteiger charge is 2.27. The molecule has 1 aliphatic rings. The average Bonchev–Trinajstić information content (AvgIpc) is 2.67. The van der Waals surface area contributed by atoms with Crippen LogP contribution in [0.3, 0.4) is 0 Å². The fraction of sp³-hybridized carbons (Fsp3) is 0.769. The molecule has 0 amide bonds. The van der Waals surface area contributed by atoms with Gasteiger partial charge in [0.25, 0.3) is 0 Å². The van der Waals surface area contributed by atoms with Crippen LogP contribution in [-0.4, -0.2) is 35.2 Å². The fourth-order valence-corrected chi connectivity index (χ4v) is 2.32. The van der Waals surface area contributed by atoms with E-state index in [9.17, 15) is 0 Å². The average molecular weight is 237 g/mol. The summed E-state index contributed by atoms with van der Waals surface area (Å²) >= 11 is 0. The zero-order chi connectivity index (χ0) is 12.4. The van der Waals surface area contributed by atoms with E-state index in [0.29, 0.717) is 18.0 Å². The van der Waals surface area contributed by atoms with Crippen molar-refractivity contribution in [2.75, 3.05) is 13.1 Å². The van der Waals surface area contributed by atoms with Gasteiger partial charge < -0.3 is 9.84 Å². The molecule has 2 unspecified atom stereocenters. The summed E-state index contributed by atoms with van der Waals surface area (Å²) in [7, 11) is 0. The lowest BCUT2D eigenvalue weighted by molar-refractivity contribution is 0.113. The second kappa shape index (κ2) is 5.19.